The summed E-state index contributed by atoms with van der Waals surface area (Å²) in [6.07, 6.45) is 0.461. The predicted molar refractivity (Wildman–Crippen MR) is 73.0 cm³/mol. The van der Waals surface area contributed by atoms with Crippen LogP contribution in [-0.4, -0.2) is 79.2 Å². The minimum Gasteiger partial charge on any atom is -0.480 e. The van der Waals surface area contributed by atoms with Crippen molar-refractivity contribution in [2.45, 2.75) is 12.5 Å². The van der Waals surface area contributed by atoms with E-state index in [1.165, 1.54) is 0 Å². The summed E-state index contributed by atoms with van der Waals surface area (Å²) in [4.78, 5) is 38.0. The number of carboxylic acids is 2. The summed E-state index contributed by atoms with van der Waals surface area (Å²) in [5.41, 5.74) is -3.41. The highest BCUT2D eigenvalue weighted by Gasteiger charge is 2.67. The van der Waals surface area contributed by atoms with Crippen LogP contribution < -0.4 is 10.6 Å². The molecule has 0 radical (unpaired) electrons. The average Bonchev–Trinajstić information content (AvgIpc) is 2.37. The van der Waals surface area contributed by atoms with E-state index in [4.69, 9.17) is 0 Å². The van der Waals surface area contributed by atoms with E-state index in [9.17, 15) is 24.6 Å². The molecule has 0 aromatic rings. The molecule has 0 spiro atoms. The molecule has 2 saturated heterocycles. The van der Waals surface area contributed by atoms with Crippen LogP contribution in [0.2, 0.25) is 0 Å². The maximum Gasteiger partial charge on any atom is 0.320 e. The fraction of sp³-hybridized carbons (Fsp3) is 0.769. The number of ketones is 1. The zero-order valence-electron chi connectivity index (χ0n) is 12.2. The van der Waals surface area contributed by atoms with Gasteiger partial charge in [0.15, 0.2) is 16.6 Å². The molecule has 2 bridgehead atoms. The first-order chi connectivity index (χ1) is 9.77. The zero-order valence-corrected chi connectivity index (χ0v) is 12.2. The van der Waals surface area contributed by atoms with E-state index in [0.29, 0.717) is 13.0 Å². The monoisotopic (exact) mass is 299 g/mol. The van der Waals surface area contributed by atoms with Crippen molar-refractivity contribution < 1.29 is 24.6 Å². The van der Waals surface area contributed by atoms with Crippen molar-refractivity contribution in [3.8, 4) is 0 Å². The number of Topliss-reactive ketones (excluding diaryl/α,β-unsaturated/α-hetero) is 1. The number of carbonyl (C=O) groups is 3. The Morgan fingerprint density at radius 2 is 1.90 bits per heavy atom. The number of carbonyl (C=O) groups excluding carboxylic acids is 1. The third kappa shape index (κ3) is 2.23. The number of hydrogen-bond donors (Lipinski definition) is 4. The minimum absolute atomic E-state index is 0.0381. The third-order valence-electron chi connectivity index (χ3n) is 4.57. The molecule has 3 atom stereocenters. The number of piperidine rings is 2. The molecule has 0 aromatic carbocycles. The molecule has 118 valence electrons. The standard InChI is InChI=1S/C13H21N3O5/c1-16(2)4-3-8-13(11(20)21)7-14-5-12(6-15-8,9(13)17)10(18)19/h8,14-15H,3-7H2,1-2H3,(H,18,19)(H,20,21). The van der Waals surface area contributed by atoms with E-state index in [1.54, 1.807) is 0 Å². The maximum absolute atomic E-state index is 12.7. The summed E-state index contributed by atoms with van der Waals surface area (Å²) < 4.78 is 0. The van der Waals surface area contributed by atoms with Gasteiger partial charge in [-0.1, -0.05) is 0 Å². The van der Waals surface area contributed by atoms with Gasteiger partial charge in [0.25, 0.3) is 0 Å². The lowest BCUT2D eigenvalue weighted by Crippen LogP contribution is -2.76. The first kappa shape index (κ1) is 15.9. The first-order valence-electron chi connectivity index (χ1n) is 6.88. The van der Waals surface area contributed by atoms with Gasteiger partial charge in [-0.05, 0) is 27.1 Å². The third-order valence-corrected chi connectivity index (χ3v) is 4.57. The predicted octanol–water partition coefficient (Wildman–Crippen LogP) is -1.78. The van der Waals surface area contributed by atoms with Crippen molar-refractivity contribution in [2.75, 3.05) is 40.3 Å². The molecule has 2 heterocycles. The van der Waals surface area contributed by atoms with Gasteiger partial charge < -0.3 is 25.7 Å². The molecule has 0 saturated carbocycles. The van der Waals surface area contributed by atoms with Gasteiger partial charge in [-0.15, -0.1) is 0 Å². The molecule has 0 aliphatic carbocycles. The molecule has 0 aromatic heterocycles. The van der Waals surface area contributed by atoms with E-state index in [-0.39, 0.29) is 19.6 Å². The van der Waals surface area contributed by atoms with Gasteiger partial charge in [-0.2, -0.15) is 0 Å². The van der Waals surface area contributed by atoms with Crippen LogP contribution in [0.1, 0.15) is 6.42 Å². The first-order valence-corrected chi connectivity index (χ1v) is 6.88. The van der Waals surface area contributed by atoms with Gasteiger partial charge in [-0.25, -0.2) is 0 Å². The molecular weight excluding hydrogens is 278 g/mol. The molecule has 8 heteroatoms. The van der Waals surface area contributed by atoms with Gasteiger partial charge in [0.05, 0.1) is 0 Å². The van der Waals surface area contributed by atoms with Crippen molar-refractivity contribution in [2.24, 2.45) is 10.8 Å². The summed E-state index contributed by atoms with van der Waals surface area (Å²) in [5, 5.41) is 24.9. The summed E-state index contributed by atoms with van der Waals surface area (Å²) in [7, 11) is 3.72. The number of rotatable bonds is 5. The highest BCUT2D eigenvalue weighted by atomic mass is 16.4. The Kier molecular flexibility index (Phi) is 4.05. The summed E-state index contributed by atoms with van der Waals surface area (Å²) >= 11 is 0. The Balaban J connectivity index is 2.39. The normalized spacial score (nSPS) is 35.8. The Morgan fingerprint density at radius 1 is 1.24 bits per heavy atom. The molecule has 21 heavy (non-hydrogen) atoms. The number of fused-ring (bicyclic) bond motifs is 2. The van der Waals surface area contributed by atoms with E-state index >= 15 is 0 Å². The lowest BCUT2D eigenvalue weighted by atomic mass is 9.59. The van der Waals surface area contributed by atoms with Crippen LogP contribution in [0.15, 0.2) is 0 Å². The van der Waals surface area contributed by atoms with Crippen LogP contribution in [-0.2, 0) is 14.4 Å². The van der Waals surface area contributed by atoms with E-state index in [0.717, 1.165) is 0 Å². The molecule has 8 nitrogen and oxygen atoms in total. The van der Waals surface area contributed by atoms with Gasteiger partial charge >= 0.3 is 11.9 Å². The molecule has 4 N–H and O–H groups in total. The summed E-state index contributed by atoms with van der Waals surface area (Å²) in [6.45, 7) is 0.492. The summed E-state index contributed by atoms with van der Waals surface area (Å²) in [6, 6.07) is -0.579. The van der Waals surface area contributed by atoms with Crippen LogP contribution in [0.5, 0.6) is 0 Å². The maximum atomic E-state index is 12.7. The van der Waals surface area contributed by atoms with Crippen LogP contribution in [0, 0.1) is 10.8 Å². The summed E-state index contributed by atoms with van der Waals surface area (Å²) in [5.74, 6) is -3.22. The average molecular weight is 299 g/mol. The van der Waals surface area contributed by atoms with Gasteiger partial charge in [0.1, 0.15) is 0 Å². The SMILES string of the molecule is CN(C)CCC1NCC2(C(=O)O)CNCC1(C(=O)O)C2=O. The van der Waals surface area contributed by atoms with Crippen molar-refractivity contribution in [3.63, 3.8) is 0 Å². The Labute approximate surface area is 122 Å². The largest absolute Gasteiger partial charge is 0.480 e. The van der Waals surface area contributed by atoms with Crippen molar-refractivity contribution >= 4 is 17.7 Å². The molecule has 2 rings (SSSR count). The fourth-order valence-electron chi connectivity index (χ4n) is 3.26. The molecule has 3 unspecified atom stereocenters. The molecule has 2 fully saturated rings. The number of hydrogen-bond acceptors (Lipinski definition) is 6. The second kappa shape index (κ2) is 5.36. The van der Waals surface area contributed by atoms with Gasteiger partial charge in [0, 0.05) is 25.7 Å². The second-order valence-electron chi connectivity index (χ2n) is 6.12. The highest BCUT2D eigenvalue weighted by molar-refractivity contribution is 6.16. The van der Waals surface area contributed by atoms with Crippen molar-refractivity contribution in [3.05, 3.63) is 0 Å². The smallest absolute Gasteiger partial charge is 0.320 e. The van der Waals surface area contributed by atoms with E-state index in [1.807, 2.05) is 19.0 Å². The van der Waals surface area contributed by atoms with Crippen molar-refractivity contribution in [1.82, 2.24) is 15.5 Å². The lowest BCUT2D eigenvalue weighted by Gasteiger charge is -2.51. The van der Waals surface area contributed by atoms with Crippen LogP contribution >= 0.6 is 0 Å². The Bertz CT molecular complexity index is 480. The topological polar surface area (TPSA) is 119 Å². The Hall–Kier alpha value is -1.51. The van der Waals surface area contributed by atoms with Crippen LogP contribution in [0.4, 0.5) is 0 Å². The van der Waals surface area contributed by atoms with Gasteiger partial charge in [0.2, 0.25) is 0 Å². The van der Waals surface area contributed by atoms with Crippen molar-refractivity contribution in [1.29, 1.82) is 0 Å². The quantitative estimate of drug-likeness (QED) is 0.440. The van der Waals surface area contributed by atoms with Gasteiger partial charge in [-0.3, -0.25) is 14.4 Å². The highest BCUT2D eigenvalue weighted by Crippen LogP contribution is 2.41. The van der Waals surface area contributed by atoms with Crippen LogP contribution in [0.25, 0.3) is 0 Å². The lowest BCUT2D eigenvalue weighted by molar-refractivity contribution is -0.175. The molecule has 2 aliphatic heterocycles. The Morgan fingerprint density at radius 3 is 2.43 bits per heavy atom. The van der Waals surface area contributed by atoms with Crippen LogP contribution in [0.3, 0.4) is 0 Å². The number of carboxylic acid groups (broad SMARTS) is 2. The minimum atomic E-state index is -1.72. The molecular formula is C13H21N3O5. The van der Waals surface area contributed by atoms with E-state index < -0.39 is 34.6 Å². The van der Waals surface area contributed by atoms with E-state index in [2.05, 4.69) is 10.6 Å². The zero-order chi connectivity index (χ0) is 15.8. The molecule has 2 aliphatic rings. The fourth-order valence-corrected chi connectivity index (χ4v) is 3.26. The molecule has 0 amide bonds. The number of aliphatic carboxylic acids is 2. The second-order valence-corrected chi connectivity index (χ2v) is 6.12. The number of nitrogens with zero attached hydrogens (tertiary/aromatic N) is 1. The number of nitrogens with one attached hydrogen (secondary N) is 2.